The van der Waals surface area contributed by atoms with Gasteiger partial charge in [-0.25, -0.2) is 9.97 Å². The Labute approximate surface area is 84.2 Å². The molecule has 1 aromatic rings. The third-order valence-electron chi connectivity index (χ3n) is 1.66. The van der Waals surface area contributed by atoms with Crippen LogP contribution in [0.5, 0.6) is 0 Å². The molecule has 0 aromatic carbocycles. The van der Waals surface area contributed by atoms with E-state index in [0.717, 1.165) is 0 Å². The van der Waals surface area contributed by atoms with Crippen LogP contribution in [0.15, 0.2) is 18.6 Å². The van der Waals surface area contributed by atoms with Gasteiger partial charge in [-0.1, -0.05) is 0 Å². The number of nitrogens with zero attached hydrogens (tertiary/aromatic N) is 2. The van der Waals surface area contributed by atoms with Crippen LogP contribution in [0, 0.1) is 0 Å². The molecule has 0 spiro atoms. The van der Waals surface area contributed by atoms with Crippen molar-refractivity contribution < 1.29 is 18.3 Å². The van der Waals surface area contributed by atoms with E-state index >= 15 is 0 Å². The number of aliphatic hydroxyl groups is 1. The number of hydrogen-bond donors (Lipinski definition) is 2. The van der Waals surface area contributed by atoms with Crippen LogP contribution in [-0.4, -0.2) is 33.9 Å². The van der Waals surface area contributed by atoms with Crippen molar-refractivity contribution in [2.45, 2.75) is 18.8 Å². The van der Waals surface area contributed by atoms with E-state index in [1.54, 1.807) is 6.07 Å². The number of alkyl halides is 3. The molecule has 1 aromatic heterocycles. The summed E-state index contributed by atoms with van der Waals surface area (Å²) in [5, 5.41) is 11.1. The summed E-state index contributed by atoms with van der Waals surface area (Å²) in [5.41, 5.74) is 0.569. The number of hydrogen-bond acceptors (Lipinski definition) is 4. The first-order valence-electron chi connectivity index (χ1n) is 4.20. The van der Waals surface area contributed by atoms with Gasteiger partial charge < -0.3 is 10.4 Å². The summed E-state index contributed by atoms with van der Waals surface area (Å²) in [7, 11) is 0. The van der Waals surface area contributed by atoms with Crippen molar-refractivity contribution in [3.05, 3.63) is 24.3 Å². The number of halogens is 3. The first-order chi connectivity index (χ1) is 7.00. The number of nitrogens with one attached hydrogen (secondary N) is 1. The van der Waals surface area contributed by atoms with Crippen molar-refractivity contribution in [3.8, 4) is 0 Å². The molecular weight excluding hydrogens is 211 g/mol. The van der Waals surface area contributed by atoms with E-state index in [1.165, 1.54) is 12.5 Å². The maximum Gasteiger partial charge on any atom is 0.415 e. The first-order valence-corrected chi connectivity index (χ1v) is 4.20. The smallest absolute Gasteiger partial charge is 0.382 e. The van der Waals surface area contributed by atoms with Gasteiger partial charge in [0, 0.05) is 19.3 Å². The average molecular weight is 221 g/mol. The molecule has 15 heavy (non-hydrogen) atoms. The topological polar surface area (TPSA) is 58.0 Å². The molecule has 1 atom stereocenters. The highest BCUT2D eigenvalue weighted by Gasteiger charge is 2.37. The van der Waals surface area contributed by atoms with Gasteiger partial charge in [0.1, 0.15) is 6.33 Å². The molecule has 0 amide bonds. The highest BCUT2D eigenvalue weighted by atomic mass is 19.4. The van der Waals surface area contributed by atoms with E-state index in [-0.39, 0.29) is 6.54 Å². The van der Waals surface area contributed by atoms with Crippen LogP contribution in [-0.2, 0) is 6.54 Å². The van der Waals surface area contributed by atoms with Gasteiger partial charge >= 0.3 is 6.18 Å². The Kier molecular flexibility index (Phi) is 3.98. The van der Waals surface area contributed by atoms with Crippen LogP contribution in [0.25, 0.3) is 0 Å². The number of rotatable bonds is 4. The first kappa shape index (κ1) is 11.9. The molecule has 2 N–H and O–H groups in total. The second-order valence-electron chi connectivity index (χ2n) is 2.89. The third-order valence-corrected chi connectivity index (χ3v) is 1.66. The summed E-state index contributed by atoms with van der Waals surface area (Å²) < 4.78 is 35.6. The molecule has 0 radical (unpaired) electrons. The molecule has 1 heterocycles. The number of aromatic nitrogens is 2. The minimum atomic E-state index is -4.58. The van der Waals surface area contributed by atoms with Gasteiger partial charge in [-0.3, -0.25) is 0 Å². The lowest BCUT2D eigenvalue weighted by Crippen LogP contribution is -2.38. The molecule has 1 rings (SSSR count). The van der Waals surface area contributed by atoms with Crippen molar-refractivity contribution >= 4 is 0 Å². The summed E-state index contributed by atoms with van der Waals surface area (Å²) in [5.74, 6) is 0. The van der Waals surface area contributed by atoms with Crippen molar-refractivity contribution in [1.82, 2.24) is 15.3 Å². The minimum absolute atomic E-state index is 0.162. The molecule has 0 fully saturated rings. The highest BCUT2D eigenvalue weighted by Crippen LogP contribution is 2.19. The second-order valence-corrected chi connectivity index (χ2v) is 2.89. The maximum atomic E-state index is 11.9. The average Bonchev–Trinajstić information content (AvgIpc) is 2.18. The van der Waals surface area contributed by atoms with E-state index < -0.39 is 18.8 Å². The van der Waals surface area contributed by atoms with Gasteiger partial charge in [-0.2, -0.15) is 13.2 Å². The third kappa shape index (κ3) is 4.22. The van der Waals surface area contributed by atoms with Gasteiger partial charge in [-0.15, -0.1) is 0 Å². The standard InChI is InChI=1S/C8H10F3N3O/c9-8(10,11)7(15)4-13-3-6-1-2-12-5-14-6/h1-2,5,7,13,15H,3-4H2. The van der Waals surface area contributed by atoms with E-state index in [9.17, 15) is 13.2 Å². The highest BCUT2D eigenvalue weighted by molar-refractivity contribution is 4.96. The van der Waals surface area contributed by atoms with Gasteiger partial charge in [0.15, 0.2) is 6.10 Å². The molecule has 0 aliphatic heterocycles. The van der Waals surface area contributed by atoms with Crippen LogP contribution < -0.4 is 5.32 Å². The maximum absolute atomic E-state index is 11.9. The Bertz CT molecular complexity index is 291. The Morgan fingerprint density at radius 1 is 1.47 bits per heavy atom. The fourth-order valence-electron chi connectivity index (χ4n) is 0.875. The molecule has 0 bridgehead atoms. The van der Waals surface area contributed by atoms with Gasteiger partial charge in [0.25, 0.3) is 0 Å². The fourth-order valence-corrected chi connectivity index (χ4v) is 0.875. The molecular formula is C8H10F3N3O. The zero-order valence-electron chi connectivity index (χ0n) is 7.70. The second kappa shape index (κ2) is 5.04. The minimum Gasteiger partial charge on any atom is -0.382 e. The van der Waals surface area contributed by atoms with Gasteiger partial charge in [0.05, 0.1) is 5.69 Å². The van der Waals surface area contributed by atoms with Gasteiger partial charge in [0.2, 0.25) is 0 Å². The summed E-state index contributed by atoms with van der Waals surface area (Å²) in [6.07, 6.45) is -4.14. The monoisotopic (exact) mass is 221 g/mol. The fraction of sp³-hybridized carbons (Fsp3) is 0.500. The molecule has 4 nitrogen and oxygen atoms in total. The number of aliphatic hydroxyl groups excluding tert-OH is 1. The molecule has 0 aliphatic carbocycles. The quantitative estimate of drug-likeness (QED) is 0.776. The van der Waals surface area contributed by atoms with Crippen LogP contribution in [0.3, 0.4) is 0 Å². The van der Waals surface area contributed by atoms with Crippen molar-refractivity contribution in [2.24, 2.45) is 0 Å². The normalized spacial score (nSPS) is 13.9. The molecule has 84 valence electrons. The summed E-state index contributed by atoms with van der Waals surface area (Å²) in [4.78, 5) is 7.46. The lowest BCUT2D eigenvalue weighted by atomic mass is 10.3. The zero-order valence-corrected chi connectivity index (χ0v) is 7.70. The summed E-state index contributed by atoms with van der Waals surface area (Å²) in [6, 6.07) is 1.58. The van der Waals surface area contributed by atoms with Crippen molar-refractivity contribution in [2.75, 3.05) is 6.54 Å². The lowest BCUT2D eigenvalue weighted by molar-refractivity contribution is -0.201. The largest absolute Gasteiger partial charge is 0.415 e. The summed E-state index contributed by atoms with van der Waals surface area (Å²) >= 11 is 0. The van der Waals surface area contributed by atoms with Crippen LogP contribution in [0.4, 0.5) is 13.2 Å². The van der Waals surface area contributed by atoms with Crippen LogP contribution >= 0.6 is 0 Å². The van der Waals surface area contributed by atoms with Crippen molar-refractivity contribution in [3.63, 3.8) is 0 Å². The lowest BCUT2D eigenvalue weighted by Gasteiger charge is -2.14. The molecule has 1 unspecified atom stereocenters. The molecule has 0 saturated carbocycles. The predicted molar refractivity (Wildman–Crippen MR) is 45.8 cm³/mol. The molecule has 0 saturated heterocycles. The predicted octanol–water partition coefficient (Wildman–Crippen LogP) is 0.489. The molecule has 0 aliphatic rings. The van der Waals surface area contributed by atoms with Gasteiger partial charge in [-0.05, 0) is 6.07 Å². The van der Waals surface area contributed by atoms with Crippen LogP contribution in [0.2, 0.25) is 0 Å². The Morgan fingerprint density at radius 3 is 2.73 bits per heavy atom. The Morgan fingerprint density at radius 2 is 2.20 bits per heavy atom. The Balaban J connectivity index is 2.28. The SMILES string of the molecule is OC(CNCc1ccncn1)C(F)(F)F. The molecule has 7 heteroatoms. The van der Waals surface area contributed by atoms with Crippen LogP contribution in [0.1, 0.15) is 5.69 Å². The van der Waals surface area contributed by atoms with E-state index in [2.05, 4.69) is 15.3 Å². The Hall–Kier alpha value is -1.21. The van der Waals surface area contributed by atoms with Crippen molar-refractivity contribution in [1.29, 1.82) is 0 Å². The van der Waals surface area contributed by atoms with E-state index in [1.807, 2.05) is 0 Å². The van der Waals surface area contributed by atoms with E-state index in [4.69, 9.17) is 5.11 Å². The summed E-state index contributed by atoms with van der Waals surface area (Å²) in [6.45, 7) is -0.386. The zero-order chi connectivity index (χ0) is 11.3. The van der Waals surface area contributed by atoms with E-state index in [0.29, 0.717) is 5.69 Å².